The predicted octanol–water partition coefficient (Wildman–Crippen LogP) is 6.81. The highest BCUT2D eigenvalue weighted by Crippen LogP contribution is 2.34. The van der Waals surface area contributed by atoms with Crippen LogP contribution in [-0.2, 0) is 11.2 Å². The summed E-state index contributed by atoms with van der Waals surface area (Å²) in [7, 11) is 0. The van der Waals surface area contributed by atoms with Crippen molar-refractivity contribution in [2.75, 3.05) is 5.32 Å². The minimum absolute atomic E-state index is 0.205. The van der Waals surface area contributed by atoms with Crippen LogP contribution in [0.3, 0.4) is 0 Å². The van der Waals surface area contributed by atoms with E-state index < -0.39 is 0 Å². The Hall–Kier alpha value is -4.60. The van der Waals surface area contributed by atoms with E-state index in [2.05, 4.69) is 55.3 Å². The summed E-state index contributed by atoms with van der Waals surface area (Å²) < 4.78 is 0. The van der Waals surface area contributed by atoms with Crippen LogP contribution in [0.15, 0.2) is 84.0 Å². The van der Waals surface area contributed by atoms with E-state index >= 15 is 0 Å². The zero-order valence-corrected chi connectivity index (χ0v) is 25.2. The van der Waals surface area contributed by atoms with Crippen molar-refractivity contribution in [2.24, 2.45) is 10.8 Å². The maximum Gasteiger partial charge on any atom is 0.244 e. The molecule has 1 amide bonds. The van der Waals surface area contributed by atoms with Crippen molar-refractivity contribution in [1.29, 1.82) is 0 Å². The summed E-state index contributed by atoms with van der Waals surface area (Å²) in [6.07, 6.45) is 13.0. The molecule has 10 heteroatoms. The van der Waals surface area contributed by atoms with Crippen molar-refractivity contribution >= 4 is 41.3 Å². The van der Waals surface area contributed by atoms with Gasteiger partial charge in [0.1, 0.15) is 17.9 Å². The number of H-pyrrole nitrogens is 1. The molecule has 2 bridgehead atoms. The average Bonchev–Trinajstić information content (AvgIpc) is 3.51. The second-order valence-corrected chi connectivity index (χ2v) is 11.4. The number of imidazole rings is 1. The highest BCUT2D eigenvalue weighted by atomic mass is 35.5. The topological polar surface area (TPSA) is 140 Å². The van der Waals surface area contributed by atoms with Gasteiger partial charge in [0.05, 0.1) is 23.6 Å². The number of phenols is 1. The van der Waals surface area contributed by atoms with E-state index in [0.717, 1.165) is 61.9 Å². The second kappa shape index (κ2) is 15.2. The van der Waals surface area contributed by atoms with Crippen LogP contribution in [0.2, 0.25) is 5.02 Å². The Kier molecular flexibility index (Phi) is 10.7. The molecule has 0 radical (unpaired) electrons. The van der Waals surface area contributed by atoms with Gasteiger partial charge in [-0.3, -0.25) is 4.79 Å². The first-order valence-corrected chi connectivity index (χ1v) is 15.3. The number of carbonyl (C=O) groups is 1. The molecule has 0 saturated heterocycles. The number of fused-ring (bicyclic) bond motifs is 4. The molecule has 4 aromatic rings. The first-order chi connectivity index (χ1) is 21.5. The first-order valence-electron chi connectivity index (χ1n) is 14.9. The van der Waals surface area contributed by atoms with Crippen molar-refractivity contribution in [3.05, 3.63) is 101 Å². The number of carbonyl (C=O) groups excluding carboxylic acids is 1. The molecule has 7 N–H and O–H groups in total. The normalized spacial score (nSPS) is 17.0. The SMILES string of the molecule is NNC=Nc1ccc(Cl)cc1/C=C/C(=O)N[C@H]1CCCCC(CCCc2ccccc2)Nc2cc(O)ccc2-c2cnc1[nH]2. The molecule has 0 spiro atoms. The van der Waals surface area contributed by atoms with Crippen molar-refractivity contribution in [1.82, 2.24) is 20.7 Å². The average molecular weight is 612 g/mol. The summed E-state index contributed by atoms with van der Waals surface area (Å²) in [6.45, 7) is 0. The van der Waals surface area contributed by atoms with Gasteiger partial charge in [0.25, 0.3) is 0 Å². The standard InChI is InChI=1S/C34H38ClN7O2/c35-25-14-17-29(38-22-39-36)24(19-25)13-18-33(44)41-30-12-5-4-10-26(11-6-9-23-7-2-1-3-8-23)40-31-20-27(43)15-16-28(31)32-21-37-34(30)42-32/h1-3,7-8,13-22,26,30,40,43H,4-6,9-12,36H2,(H,37,42)(H,38,39)(H,41,44)/b18-13+/t26?,30-/m0/s1. The number of aromatic hydroxyl groups is 1. The van der Waals surface area contributed by atoms with Gasteiger partial charge in [0.2, 0.25) is 5.91 Å². The van der Waals surface area contributed by atoms with E-state index in [1.54, 1.807) is 42.6 Å². The zero-order valence-electron chi connectivity index (χ0n) is 24.5. The molecule has 1 aliphatic rings. The van der Waals surface area contributed by atoms with Crippen LogP contribution in [0.1, 0.15) is 61.5 Å². The summed E-state index contributed by atoms with van der Waals surface area (Å²) in [4.78, 5) is 25.5. The fraction of sp³-hybridized carbons (Fsp3) is 0.265. The Morgan fingerprint density at radius 1 is 1.11 bits per heavy atom. The summed E-state index contributed by atoms with van der Waals surface area (Å²) in [5.41, 5.74) is 7.61. The first kappa shape index (κ1) is 30.8. The molecule has 0 aliphatic carbocycles. The van der Waals surface area contributed by atoms with Crippen LogP contribution in [0.4, 0.5) is 11.4 Å². The van der Waals surface area contributed by atoms with Crippen molar-refractivity contribution in [3.8, 4) is 17.0 Å². The number of hydrazine groups is 1. The van der Waals surface area contributed by atoms with Gasteiger partial charge in [0, 0.05) is 40.0 Å². The lowest BCUT2D eigenvalue weighted by atomic mass is 9.98. The van der Waals surface area contributed by atoms with Gasteiger partial charge in [-0.2, -0.15) is 0 Å². The number of halogens is 1. The molecule has 1 unspecified atom stereocenters. The number of phenolic OH excluding ortho intramolecular Hbond substituents is 1. The number of hydrogen-bond donors (Lipinski definition) is 6. The fourth-order valence-corrected chi connectivity index (χ4v) is 5.71. The molecular formula is C34H38ClN7O2. The van der Waals surface area contributed by atoms with E-state index in [-0.39, 0.29) is 23.7 Å². The molecule has 0 saturated carbocycles. The van der Waals surface area contributed by atoms with E-state index in [1.807, 2.05) is 12.1 Å². The van der Waals surface area contributed by atoms with Gasteiger partial charge in [0.15, 0.2) is 0 Å². The molecule has 9 nitrogen and oxygen atoms in total. The third kappa shape index (κ3) is 8.49. The lowest BCUT2D eigenvalue weighted by Gasteiger charge is -2.23. The number of rotatable bonds is 9. The zero-order chi connectivity index (χ0) is 30.7. The number of benzene rings is 3. The molecular weight excluding hydrogens is 574 g/mol. The summed E-state index contributed by atoms with van der Waals surface area (Å²) >= 11 is 6.19. The van der Waals surface area contributed by atoms with Gasteiger partial charge < -0.3 is 26.1 Å². The molecule has 3 aromatic carbocycles. The van der Waals surface area contributed by atoms with Gasteiger partial charge in [-0.1, -0.05) is 54.8 Å². The Morgan fingerprint density at radius 3 is 2.80 bits per heavy atom. The number of hydrogen-bond acceptors (Lipinski definition) is 6. The Bertz CT molecular complexity index is 1600. The van der Waals surface area contributed by atoms with Gasteiger partial charge in [-0.05, 0) is 74.1 Å². The number of nitrogens with two attached hydrogens (primary N) is 1. The number of nitrogens with zero attached hydrogens (tertiary/aromatic N) is 2. The Balaban J connectivity index is 1.33. The third-order valence-corrected chi connectivity index (χ3v) is 7.97. The van der Waals surface area contributed by atoms with E-state index in [1.165, 1.54) is 18.0 Å². The number of anilines is 1. The summed E-state index contributed by atoms with van der Waals surface area (Å²) in [6, 6.07) is 21.0. The van der Waals surface area contributed by atoms with Gasteiger partial charge in [-0.15, -0.1) is 0 Å². The molecule has 1 aromatic heterocycles. The van der Waals surface area contributed by atoms with Crippen molar-refractivity contribution in [3.63, 3.8) is 0 Å². The molecule has 1 aliphatic heterocycles. The maximum atomic E-state index is 13.1. The number of aromatic amines is 1. The van der Waals surface area contributed by atoms with Gasteiger partial charge >= 0.3 is 0 Å². The number of nitrogens with one attached hydrogen (secondary N) is 4. The Labute approximate surface area is 262 Å². The quantitative estimate of drug-likeness (QED) is 0.0404. The van der Waals surface area contributed by atoms with Crippen LogP contribution in [0.25, 0.3) is 17.3 Å². The van der Waals surface area contributed by atoms with Crippen LogP contribution in [0.5, 0.6) is 5.75 Å². The maximum absolute atomic E-state index is 13.1. The van der Waals surface area contributed by atoms with Crippen LogP contribution in [-0.4, -0.2) is 33.4 Å². The predicted molar refractivity (Wildman–Crippen MR) is 178 cm³/mol. The number of aromatic nitrogens is 2. The second-order valence-electron chi connectivity index (χ2n) is 10.9. The summed E-state index contributed by atoms with van der Waals surface area (Å²) in [5.74, 6) is 5.95. The van der Waals surface area contributed by atoms with Crippen LogP contribution >= 0.6 is 11.6 Å². The third-order valence-electron chi connectivity index (χ3n) is 7.73. The van der Waals surface area contributed by atoms with Crippen molar-refractivity contribution in [2.45, 2.75) is 57.0 Å². The molecule has 44 heavy (non-hydrogen) atoms. The number of aliphatic imine (C=N–C) groups is 1. The van der Waals surface area contributed by atoms with Crippen LogP contribution in [0, 0.1) is 0 Å². The monoisotopic (exact) mass is 611 g/mol. The molecule has 0 fully saturated rings. The minimum Gasteiger partial charge on any atom is -0.508 e. The van der Waals surface area contributed by atoms with E-state index in [0.29, 0.717) is 22.1 Å². The summed E-state index contributed by atoms with van der Waals surface area (Å²) in [5, 5.41) is 17.7. The largest absolute Gasteiger partial charge is 0.508 e. The molecule has 228 valence electrons. The lowest BCUT2D eigenvalue weighted by Crippen LogP contribution is -2.28. The smallest absolute Gasteiger partial charge is 0.244 e. The fourth-order valence-electron chi connectivity index (χ4n) is 5.53. The highest BCUT2D eigenvalue weighted by molar-refractivity contribution is 6.30. The molecule has 2 atom stereocenters. The van der Waals surface area contributed by atoms with Crippen molar-refractivity contribution < 1.29 is 9.90 Å². The lowest BCUT2D eigenvalue weighted by molar-refractivity contribution is -0.117. The molecule has 5 rings (SSSR count). The number of aryl methyl sites for hydroxylation is 1. The minimum atomic E-state index is -0.302. The van der Waals surface area contributed by atoms with E-state index in [9.17, 15) is 9.90 Å². The van der Waals surface area contributed by atoms with E-state index in [4.69, 9.17) is 17.4 Å². The van der Waals surface area contributed by atoms with Crippen LogP contribution < -0.4 is 21.9 Å². The highest BCUT2D eigenvalue weighted by Gasteiger charge is 2.21. The number of amides is 1. The van der Waals surface area contributed by atoms with Gasteiger partial charge in [-0.25, -0.2) is 15.8 Å². The Morgan fingerprint density at radius 2 is 1.95 bits per heavy atom. The molecule has 2 heterocycles.